The Morgan fingerprint density at radius 3 is 2.44 bits per heavy atom. The van der Waals surface area contributed by atoms with Crippen molar-refractivity contribution in [1.82, 2.24) is 0 Å². The molecule has 0 amide bonds. The summed E-state index contributed by atoms with van der Waals surface area (Å²) in [6.45, 7) is 10.9. The van der Waals surface area contributed by atoms with Gasteiger partial charge < -0.3 is 4.74 Å². The van der Waals surface area contributed by atoms with Gasteiger partial charge in [0.25, 0.3) is 0 Å². The van der Waals surface area contributed by atoms with Gasteiger partial charge in [0.2, 0.25) is 6.71 Å². The summed E-state index contributed by atoms with van der Waals surface area (Å²) in [5.74, 6) is 1.45. The van der Waals surface area contributed by atoms with Crippen molar-refractivity contribution in [2.45, 2.75) is 52.5 Å². The molecule has 0 heterocycles. The third-order valence-corrected chi connectivity index (χ3v) is 4.33. The van der Waals surface area contributed by atoms with Crippen LogP contribution in [-0.2, 0) is 0 Å². The van der Waals surface area contributed by atoms with Crippen molar-refractivity contribution in [3.05, 3.63) is 65.7 Å². The first-order valence-corrected chi connectivity index (χ1v) is 9.38. The molecule has 0 N–H and O–H groups in total. The van der Waals surface area contributed by atoms with Crippen LogP contribution in [0.25, 0.3) is 0 Å². The van der Waals surface area contributed by atoms with Gasteiger partial charge in [-0.05, 0) is 55.6 Å². The number of ether oxygens (including phenoxy) is 1. The van der Waals surface area contributed by atoms with Crippen LogP contribution in [0.1, 0.15) is 46.1 Å². The number of rotatable bonds is 6. The van der Waals surface area contributed by atoms with Gasteiger partial charge in [0.15, 0.2) is 0 Å². The lowest BCUT2D eigenvalue weighted by Crippen LogP contribution is -2.43. The summed E-state index contributed by atoms with van der Waals surface area (Å²) in [6, 6.07) is 17.2. The first kappa shape index (κ1) is 19.7. The highest BCUT2D eigenvalue weighted by Crippen LogP contribution is 2.18. The predicted octanol–water partition coefficient (Wildman–Crippen LogP) is 5.35. The molecule has 0 aliphatic heterocycles. The van der Waals surface area contributed by atoms with Crippen LogP contribution in [0.2, 0.25) is 6.32 Å². The molecule has 1 nitrogen and oxygen atoms in total. The van der Waals surface area contributed by atoms with E-state index >= 15 is 0 Å². The van der Waals surface area contributed by atoms with Crippen LogP contribution in [0, 0.1) is 0 Å². The average Bonchev–Trinajstić information content (AvgIpc) is 2.55. The first-order valence-electron chi connectivity index (χ1n) is 8.95. The maximum Gasteiger partial charge on any atom is 0.217 e. The molecule has 2 aromatic rings. The Balaban J connectivity index is 2.50. The van der Waals surface area contributed by atoms with E-state index in [1.807, 2.05) is 12.1 Å². The second-order valence-corrected chi connectivity index (χ2v) is 7.98. The van der Waals surface area contributed by atoms with Crippen molar-refractivity contribution >= 4 is 29.2 Å². The van der Waals surface area contributed by atoms with Crippen LogP contribution in [0.4, 0.5) is 0 Å². The summed E-state index contributed by atoms with van der Waals surface area (Å²) in [6.07, 6.45) is 2.86. The molecule has 0 aliphatic carbocycles. The highest BCUT2D eigenvalue weighted by molar-refractivity contribution is 6.86. The number of benzene rings is 2. The number of hydrogen-bond acceptors (Lipinski definition) is 1. The Hall–Kier alpha value is -1.67. The molecular formula is C22H28BClO. The highest BCUT2D eigenvalue weighted by Gasteiger charge is 2.24. The van der Waals surface area contributed by atoms with Crippen molar-refractivity contribution in [3.8, 4) is 5.75 Å². The SMILES string of the molecule is CC(C)c1cccc(B(CC=CCl)c2ccccc2OC(C)(C)C)c1. The Labute approximate surface area is 158 Å². The van der Waals surface area contributed by atoms with Crippen molar-refractivity contribution in [3.63, 3.8) is 0 Å². The van der Waals surface area contributed by atoms with E-state index in [9.17, 15) is 0 Å². The summed E-state index contributed by atoms with van der Waals surface area (Å²) >= 11 is 5.84. The lowest BCUT2D eigenvalue weighted by molar-refractivity contribution is 0.132. The van der Waals surface area contributed by atoms with Crippen molar-refractivity contribution in [2.24, 2.45) is 0 Å². The Morgan fingerprint density at radius 1 is 1.08 bits per heavy atom. The molecule has 25 heavy (non-hydrogen) atoms. The number of allylic oxidation sites excluding steroid dienone is 1. The average molecular weight is 355 g/mol. The third kappa shape index (κ3) is 5.68. The van der Waals surface area contributed by atoms with Gasteiger partial charge >= 0.3 is 0 Å². The summed E-state index contributed by atoms with van der Waals surface area (Å²) in [7, 11) is 0. The molecular weight excluding hydrogens is 327 g/mol. The van der Waals surface area contributed by atoms with Gasteiger partial charge in [0.1, 0.15) is 11.4 Å². The van der Waals surface area contributed by atoms with Gasteiger partial charge in [-0.15, -0.1) is 0 Å². The van der Waals surface area contributed by atoms with Crippen LogP contribution in [-0.4, -0.2) is 12.3 Å². The van der Waals surface area contributed by atoms with Gasteiger partial charge in [-0.25, -0.2) is 0 Å². The normalized spacial score (nSPS) is 12.0. The van der Waals surface area contributed by atoms with Gasteiger partial charge in [-0.2, -0.15) is 0 Å². The van der Waals surface area contributed by atoms with Gasteiger partial charge in [0, 0.05) is 0 Å². The molecule has 0 atom stereocenters. The molecule has 2 aromatic carbocycles. The first-order chi connectivity index (χ1) is 11.8. The number of halogens is 1. The summed E-state index contributed by atoms with van der Waals surface area (Å²) in [4.78, 5) is 0. The zero-order valence-electron chi connectivity index (χ0n) is 15.9. The van der Waals surface area contributed by atoms with Crippen LogP contribution in [0.5, 0.6) is 5.75 Å². The van der Waals surface area contributed by atoms with E-state index in [0.717, 1.165) is 12.1 Å². The lowest BCUT2D eigenvalue weighted by atomic mass is 9.38. The van der Waals surface area contributed by atoms with E-state index in [0.29, 0.717) is 5.92 Å². The molecule has 0 unspecified atom stereocenters. The zero-order valence-corrected chi connectivity index (χ0v) is 16.7. The second-order valence-electron chi connectivity index (χ2n) is 7.73. The van der Waals surface area contributed by atoms with E-state index in [1.165, 1.54) is 16.5 Å². The quantitative estimate of drug-likeness (QED) is 0.635. The zero-order chi connectivity index (χ0) is 18.4. The molecule has 0 aromatic heterocycles. The number of hydrogen-bond donors (Lipinski definition) is 0. The van der Waals surface area contributed by atoms with Crippen molar-refractivity contribution in [1.29, 1.82) is 0 Å². The standard InChI is InChI=1S/C22H28BClO/c1-17(2)18-10-8-11-19(16-18)23(14-9-15-24)20-12-6-7-13-21(20)25-22(3,4)5/h6-13,15-17H,14H2,1-5H3. The minimum absolute atomic E-state index is 0.215. The fourth-order valence-corrected chi connectivity index (χ4v) is 3.06. The van der Waals surface area contributed by atoms with E-state index in [1.54, 1.807) is 5.54 Å². The molecule has 0 saturated heterocycles. The van der Waals surface area contributed by atoms with Crippen LogP contribution in [0.15, 0.2) is 60.1 Å². The molecule has 0 spiro atoms. The summed E-state index contributed by atoms with van der Waals surface area (Å²) in [5, 5.41) is 0. The minimum Gasteiger partial charge on any atom is -0.489 e. The van der Waals surface area contributed by atoms with Gasteiger partial charge in [-0.3, -0.25) is 0 Å². The maximum atomic E-state index is 6.24. The molecule has 0 radical (unpaired) electrons. The third-order valence-electron chi connectivity index (χ3n) is 4.15. The molecule has 2 rings (SSSR count). The highest BCUT2D eigenvalue weighted by atomic mass is 35.5. The van der Waals surface area contributed by atoms with Crippen LogP contribution >= 0.6 is 11.6 Å². The Bertz CT molecular complexity index is 716. The van der Waals surface area contributed by atoms with E-state index < -0.39 is 0 Å². The molecule has 0 fully saturated rings. The topological polar surface area (TPSA) is 9.23 Å². The maximum absolute atomic E-state index is 6.24. The molecule has 0 bridgehead atoms. The Kier molecular flexibility index (Phi) is 6.78. The monoisotopic (exact) mass is 354 g/mol. The summed E-state index contributed by atoms with van der Waals surface area (Å²) in [5.41, 5.74) is 5.22. The van der Waals surface area contributed by atoms with Crippen molar-refractivity contribution in [2.75, 3.05) is 0 Å². The Morgan fingerprint density at radius 2 is 1.80 bits per heavy atom. The minimum atomic E-state index is -0.233. The lowest BCUT2D eigenvalue weighted by Gasteiger charge is -2.25. The molecule has 3 heteroatoms. The number of para-hydroxylation sites is 1. The summed E-state index contributed by atoms with van der Waals surface area (Å²) < 4.78 is 6.24. The van der Waals surface area contributed by atoms with Crippen LogP contribution in [0.3, 0.4) is 0 Å². The van der Waals surface area contributed by atoms with Gasteiger partial charge in [-0.1, -0.05) is 79.5 Å². The fraction of sp³-hybridized carbons (Fsp3) is 0.364. The molecule has 0 aliphatic rings. The second kappa shape index (κ2) is 8.62. The van der Waals surface area contributed by atoms with Gasteiger partial charge in [0.05, 0.1) is 0 Å². The largest absolute Gasteiger partial charge is 0.489 e. The fourth-order valence-electron chi connectivity index (χ4n) is 2.96. The van der Waals surface area contributed by atoms with Crippen LogP contribution < -0.4 is 15.7 Å². The van der Waals surface area contributed by atoms with Crippen molar-refractivity contribution < 1.29 is 4.74 Å². The predicted molar refractivity (Wildman–Crippen MR) is 112 cm³/mol. The van der Waals surface area contributed by atoms with E-state index in [4.69, 9.17) is 16.3 Å². The van der Waals surface area contributed by atoms with E-state index in [2.05, 4.69) is 77.1 Å². The smallest absolute Gasteiger partial charge is 0.217 e. The van der Waals surface area contributed by atoms with E-state index in [-0.39, 0.29) is 12.3 Å². The molecule has 132 valence electrons. The molecule has 0 saturated carbocycles.